The largest absolute Gasteiger partial charge is 0.399 e. The lowest BCUT2D eigenvalue weighted by Crippen LogP contribution is -2.14. The number of H-pyrrole nitrogens is 1. The van der Waals surface area contributed by atoms with Crippen LogP contribution in [0.1, 0.15) is 5.56 Å². The first-order valence-corrected chi connectivity index (χ1v) is 9.40. The maximum absolute atomic E-state index is 13.4. The van der Waals surface area contributed by atoms with Gasteiger partial charge in [0.1, 0.15) is 17.5 Å². The molecule has 4 N–H and O–H groups in total. The minimum Gasteiger partial charge on any atom is -0.399 e. The van der Waals surface area contributed by atoms with Crippen LogP contribution in [0.15, 0.2) is 64.5 Å². The summed E-state index contributed by atoms with van der Waals surface area (Å²) in [5.41, 5.74) is 7.52. The molecule has 1 amide bonds. The highest BCUT2D eigenvalue weighted by Gasteiger charge is 2.12. The van der Waals surface area contributed by atoms with Gasteiger partial charge < -0.3 is 11.1 Å². The van der Waals surface area contributed by atoms with Crippen LogP contribution < -0.4 is 11.1 Å². The number of anilines is 2. The molecule has 6 nitrogen and oxygen atoms in total. The van der Waals surface area contributed by atoms with Crippen LogP contribution in [0.4, 0.5) is 20.3 Å². The number of hydrogen-bond acceptors (Lipinski definition) is 5. The molecule has 2 aromatic heterocycles. The van der Waals surface area contributed by atoms with Crippen LogP contribution >= 0.6 is 11.8 Å². The van der Waals surface area contributed by atoms with Crippen LogP contribution in [0.2, 0.25) is 0 Å². The maximum atomic E-state index is 13.4. The number of nitrogen functional groups attached to an aromatic ring is 1. The molecule has 0 aliphatic heterocycles. The average Bonchev–Trinajstić information content (AvgIpc) is 3.05. The number of benzene rings is 2. The van der Waals surface area contributed by atoms with E-state index in [9.17, 15) is 13.6 Å². The second-order valence-corrected chi connectivity index (χ2v) is 7.46. The predicted octanol–water partition coefficient (Wildman–Crippen LogP) is 4.15. The quantitative estimate of drug-likeness (QED) is 0.429. The van der Waals surface area contributed by atoms with Gasteiger partial charge in [-0.15, -0.1) is 0 Å². The van der Waals surface area contributed by atoms with Gasteiger partial charge in [-0.3, -0.25) is 9.89 Å². The SMILES string of the molecule is Nc1ccc(CC(=O)Nc2[nH]nc3ncc(Sc4cc(F)cc(F)c4)cc23)cc1. The maximum Gasteiger partial charge on any atom is 0.229 e. The van der Waals surface area contributed by atoms with E-state index in [0.29, 0.717) is 32.3 Å². The molecular weight excluding hydrogens is 396 g/mol. The fraction of sp³-hybridized carbons (Fsp3) is 0.0500. The first-order valence-electron chi connectivity index (χ1n) is 8.58. The standard InChI is InChI=1S/C20H15F2N5OS/c21-12-6-13(22)8-15(7-12)29-16-9-17-19(24-10-16)26-27-20(17)25-18(28)5-11-1-3-14(23)4-2-11/h1-4,6-10H,5,23H2,(H2,24,25,26,27,28). The normalized spacial score (nSPS) is 11.0. The smallest absolute Gasteiger partial charge is 0.229 e. The van der Waals surface area contributed by atoms with Crippen molar-refractivity contribution in [2.45, 2.75) is 16.2 Å². The Kier molecular flexibility index (Phi) is 5.13. The summed E-state index contributed by atoms with van der Waals surface area (Å²) in [6, 6.07) is 12.1. The van der Waals surface area contributed by atoms with E-state index in [2.05, 4.69) is 20.5 Å². The van der Waals surface area contributed by atoms with Gasteiger partial charge in [-0.25, -0.2) is 13.8 Å². The van der Waals surface area contributed by atoms with Crippen molar-refractivity contribution in [2.75, 3.05) is 11.1 Å². The van der Waals surface area contributed by atoms with E-state index in [1.54, 1.807) is 36.5 Å². The zero-order valence-corrected chi connectivity index (χ0v) is 15.8. The van der Waals surface area contributed by atoms with Crippen molar-refractivity contribution < 1.29 is 13.6 Å². The number of nitrogens with zero attached hydrogens (tertiary/aromatic N) is 2. The highest BCUT2D eigenvalue weighted by Crippen LogP contribution is 2.31. The van der Waals surface area contributed by atoms with Crippen LogP contribution in [0.5, 0.6) is 0 Å². The highest BCUT2D eigenvalue weighted by molar-refractivity contribution is 7.99. The second-order valence-electron chi connectivity index (χ2n) is 6.31. The number of aromatic nitrogens is 3. The summed E-state index contributed by atoms with van der Waals surface area (Å²) < 4.78 is 26.8. The van der Waals surface area contributed by atoms with Gasteiger partial charge in [0.05, 0.1) is 11.8 Å². The molecule has 2 heterocycles. The number of pyridine rings is 1. The third kappa shape index (κ3) is 4.52. The average molecular weight is 411 g/mol. The van der Waals surface area contributed by atoms with Crippen LogP contribution in [0, 0.1) is 11.6 Å². The summed E-state index contributed by atoms with van der Waals surface area (Å²) in [4.78, 5) is 17.6. The number of halogens is 2. The molecule has 0 fully saturated rings. The fourth-order valence-electron chi connectivity index (χ4n) is 2.76. The highest BCUT2D eigenvalue weighted by atomic mass is 32.2. The number of rotatable bonds is 5. The summed E-state index contributed by atoms with van der Waals surface area (Å²) in [7, 11) is 0. The number of nitrogens with two attached hydrogens (primary N) is 1. The summed E-state index contributed by atoms with van der Waals surface area (Å²) >= 11 is 1.16. The van der Waals surface area contributed by atoms with Gasteiger partial charge in [-0.1, -0.05) is 23.9 Å². The lowest BCUT2D eigenvalue weighted by molar-refractivity contribution is -0.115. The van der Waals surface area contributed by atoms with Gasteiger partial charge >= 0.3 is 0 Å². The van der Waals surface area contributed by atoms with E-state index in [-0.39, 0.29) is 12.3 Å². The lowest BCUT2D eigenvalue weighted by atomic mass is 10.1. The van der Waals surface area contributed by atoms with E-state index in [4.69, 9.17) is 5.73 Å². The van der Waals surface area contributed by atoms with Gasteiger partial charge in [0.15, 0.2) is 5.65 Å². The Balaban J connectivity index is 1.53. The molecule has 0 radical (unpaired) electrons. The topological polar surface area (TPSA) is 96.7 Å². The van der Waals surface area contributed by atoms with Crippen molar-refractivity contribution in [2.24, 2.45) is 0 Å². The molecule has 4 aromatic rings. The Morgan fingerprint density at radius 2 is 1.79 bits per heavy atom. The van der Waals surface area contributed by atoms with Crippen LogP contribution in [0.3, 0.4) is 0 Å². The molecular formula is C20H15F2N5OS. The third-order valence-corrected chi connectivity index (χ3v) is 5.00. The van der Waals surface area contributed by atoms with Gasteiger partial charge in [0.25, 0.3) is 0 Å². The number of hydrogen-bond donors (Lipinski definition) is 3. The molecule has 4 rings (SSSR count). The predicted molar refractivity (Wildman–Crippen MR) is 108 cm³/mol. The third-order valence-electron chi connectivity index (χ3n) is 4.07. The molecule has 2 aromatic carbocycles. The molecule has 0 aliphatic rings. The first-order chi connectivity index (χ1) is 14.0. The second kappa shape index (κ2) is 7.88. The fourth-order valence-corrected chi connectivity index (χ4v) is 3.66. The van der Waals surface area contributed by atoms with Crippen molar-refractivity contribution in [3.8, 4) is 0 Å². The Morgan fingerprint density at radius 3 is 2.52 bits per heavy atom. The monoisotopic (exact) mass is 411 g/mol. The number of amides is 1. The van der Waals surface area contributed by atoms with Crippen molar-refractivity contribution in [1.29, 1.82) is 0 Å². The van der Waals surface area contributed by atoms with E-state index in [1.807, 2.05) is 0 Å². The van der Waals surface area contributed by atoms with Crippen LogP contribution in [0.25, 0.3) is 11.0 Å². The minimum atomic E-state index is -0.652. The van der Waals surface area contributed by atoms with E-state index in [0.717, 1.165) is 23.4 Å². The summed E-state index contributed by atoms with van der Waals surface area (Å²) in [6.07, 6.45) is 1.72. The Hall–Kier alpha value is -3.46. The van der Waals surface area contributed by atoms with E-state index in [1.165, 1.54) is 12.1 Å². The summed E-state index contributed by atoms with van der Waals surface area (Å²) in [6.45, 7) is 0. The number of carbonyl (C=O) groups is 1. The Bertz CT molecular complexity index is 1170. The number of carbonyl (C=O) groups excluding carboxylic acids is 1. The minimum absolute atomic E-state index is 0.172. The van der Waals surface area contributed by atoms with Crippen molar-refractivity contribution >= 4 is 40.2 Å². The van der Waals surface area contributed by atoms with Crippen molar-refractivity contribution in [3.05, 3.63) is 71.9 Å². The Morgan fingerprint density at radius 1 is 1.07 bits per heavy atom. The molecule has 0 spiro atoms. The van der Waals surface area contributed by atoms with E-state index < -0.39 is 11.6 Å². The zero-order chi connectivity index (χ0) is 20.4. The van der Waals surface area contributed by atoms with Gasteiger partial charge in [-0.05, 0) is 35.9 Å². The molecule has 0 saturated carbocycles. The number of aromatic amines is 1. The van der Waals surface area contributed by atoms with E-state index >= 15 is 0 Å². The first kappa shape index (κ1) is 18.9. The van der Waals surface area contributed by atoms with Gasteiger partial charge in [0.2, 0.25) is 5.91 Å². The summed E-state index contributed by atoms with van der Waals surface area (Å²) in [5.74, 6) is -1.13. The molecule has 0 saturated heterocycles. The Labute approximate surface area is 168 Å². The number of fused-ring (bicyclic) bond motifs is 1. The van der Waals surface area contributed by atoms with Crippen LogP contribution in [-0.2, 0) is 11.2 Å². The van der Waals surface area contributed by atoms with Crippen LogP contribution in [-0.4, -0.2) is 21.1 Å². The molecule has 9 heteroatoms. The molecule has 0 aliphatic carbocycles. The van der Waals surface area contributed by atoms with Gasteiger partial charge in [0, 0.05) is 27.7 Å². The molecule has 0 atom stereocenters. The molecule has 146 valence electrons. The molecule has 0 bridgehead atoms. The number of nitrogens with one attached hydrogen (secondary N) is 2. The van der Waals surface area contributed by atoms with Crippen molar-refractivity contribution in [3.63, 3.8) is 0 Å². The molecule has 29 heavy (non-hydrogen) atoms. The summed E-state index contributed by atoms with van der Waals surface area (Å²) in [5, 5.41) is 10.2. The lowest BCUT2D eigenvalue weighted by Gasteiger charge is -2.05. The van der Waals surface area contributed by atoms with Crippen molar-refractivity contribution in [1.82, 2.24) is 15.2 Å². The van der Waals surface area contributed by atoms with Gasteiger partial charge in [-0.2, -0.15) is 5.10 Å². The zero-order valence-electron chi connectivity index (χ0n) is 14.9. The molecule has 0 unspecified atom stereocenters.